The van der Waals surface area contributed by atoms with Crippen molar-refractivity contribution in [2.45, 2.75) is 90.1 Å². The van der Waals surface area contributed by atoms with E-state index in [0.717, 1.165) is 12.1 Å². The molecule has 0 aromatic rings. The Balaban J connectivity index is 1.95. The Kier molecular flexibility index (Phi) is 6.35. The van der Waals surface area contributed by atoms with Crippen molar-refractivity contribution in [1.29, 1.82) is 0 Å². The van der Waals surface area contributed by atoms with E-state index >= 15 is 0 Å². The van der Waals surface area contributed by atoms with Gasteiger partial charge < -0.3 is 5.32 Å². The maximum atomic E-state index is 3.63. The fourth-order valence-electron chi connectivity index (χ4n) is 4.53. The number of piperidine rings is 1. The topological polar surface area (TPSA) is 15.3 Å². The van der Waals surface area contributed by atoms with Crippen LogP contribution in [0.5, 0.6) is 0 Å². The number of nitrogens with zero attached hydrogens (tertiary/aromatic N) is 1. The van der Waals surface area contributed by atoms with Gasteiger partial charge in [-0.05, 0) is 51.2 Å². The Morgan fingerprint density at radius 1 is 0.950 bits per heavy atom. The summed E-state index contributed by atoms with van der Waals surface area (Å²) >= 11 is 0. The quantitative estimate of drug-likeness (QED) is 0.830. The Hall–Kier alpha value is -0.0800. The molecule has 0 aromatic carbocycles. The standard InChI is InChI=1S/C18H36N2/c1-4-18(5-2)12-14-20(15-13-18)17-11-9-7-6-8-10-16(17)19-3/h16-17,19H,4-15H2,1-3H3. The van der Waals surface area contributed by atoms with Crippen LogP contribution in [0.1, 0.15) is 78.1 Å². The van der Waals surface area contributed by atoms with E-state index in [1.165, 1.54) is 77.3 Å². The van der Waals surface area contributed by atoms with E-state index in [2.05, 4.69) is 31.1 Å². The molecule has 2 heteroatoms. The summed E-state index contributed by atoms with van der Waals surface area (Å²) in [5, 5.41) is 3.63. The van der Waals surface area contributed by atoms with Crippen LogP contribution in [0.2, 0.25) is 0 Å². The average molecular weight is 280 g/mol. The molecule has 20 heavy (non-hydrogen) atoms. The van der Waals surface area contributed by atoms with E-state index in [1.54, 1.807) is 0 Å². The summed E-state index contributed by atoms with van der Waals surface area (Å²) in [7, 11) is 2.17. The number of nitrogens with one attached hydrogen (secondary N) is 1. The van der Waals surface area contributed by atoms with Crippen LogP contribution in [0.15, 0.2) is 0 Å². The SMILES string of the molecule is CCC1(CC)CCN(C2CCCCCCC2NC)CC1. The molecular formula is C18H36N2. The molecule has 1 saturated heterocycles. The Morgan fingerprint density at radius 2 is 1.55 bits per heavy atom. The van der Waals surface area contributed by atoms with Crippen molar-refractivity contribution >= 4 is 0 Å². The normalized spacial score (nSPS) is 32.5. The second-order valence-corrected chi connectivity index (χ2v) is 7.20. The average Bonchev–Trinajstić information content (AvgIpc) is 2.48. The second kappa shape index (κ2) is 7.79. The molecule has 1 heterocycles. The van der Waals surface area contributed by atoms with Crippen molar-refractivity contribution in [3.8, 4) is 0 Å². The molecule has 1 aliphatic heterocycles. The minimum Gasteiger partial charge on any atom is -0.315 e. The van der Waals surface area contributed by atoms with E-state index in [1.807, 2.05) is 0 Å². The van der Waals surface area contributed by atoms with E-state index < -0.39 is 0 Å². The fraction of sp³-hybridized carbons (Fsp3) is 1.00. The lowest BCUT2D eigenvalue weighted by Gasteiger charge is -2.46. The van der Waals surface area contributed by atoms with Crippen molar-refractivity contribution in [1.82, 2.24) is 10.2 Å². The van der Waals surface area contributed by atoms with Crippen molar-refractivity contribution in [3.05, 3.63) is 0 Å². The van der Waals surface area contributed by atoms with Gasteiger partial charge in [-0.2, -0.15) is 0 Å². The maximum absolute atomic E-state index is 3.63. The van der Waals surface area contributed by atoms with Crippen LogP contribution in [-0.2, 0) is 0 Å². The summed E-state index contributed by atoms with van der Waals surface area (Å²) in [6.45, 7) is 7.46. The van der Waals surface area contributed by atoms with Crippen molar-refractivity contribution in [3.63, 3.8) is 0 Å². The first-order chi connectivity index (χ1) is 9.74. The third-order valence-electron chi connectivity index (χ3n) is 6.43. The number of likely N-dealkylation sites (tertiary alicyclic amines) is 1. The molecule has 0 radical (unpaired) electrons. The van der Waals surface area contributed by atoms with Gasteiger partial charge in [-0.3, -0.25) is 4.90 Å². The first-order valence-corrected chi connectivity index (χ1v) is 9.16. The number of likely N-dealkylation sites (N-methyl/N-ethyl adjacent to an activating group) is 1. The van der Waals surface area contributed by atoms with E-state index in [9.17, 15) is 0 Å². The molecule has 1 saturated carbocycles. The molecule has 0 spiro atoms. The van der Waals surface area contributed by atoms with Crippen LogP contribution in [0.4, 0.5) is 0 Å². The predicted octanol–water partition coefficient (Wildman–Crippen LogP) is 4.20. The lowest BCUT2D eigenvalue weighted by molar-refractivity contribution is 0.0456. The molecule has 2 nitrogen and oxygen atoms in total. The van der Waals surface area contributed by atoms with Crippen LogP contribution in [0, 0.1) is 5.41 Å². The zero-order valence-corrected chi connectivity index (χ0v) is 14.1. The minimum absolute atomic E-state index is 0.660. The number of rotatable bonds is 4. The monoisotopic (exact) mass is 280 g/mol. The number of hydrogen-bond donors (Lipinski definition) is 1. The lowest BCUT2D eigenvalue weighted by atomic mass is 9.73. The molecule has 0 amide bonds. The highest BCUT2D eigenvalue weighted by Crippen LogP contribution is 2.39. The molecule has 1 N–H and O–H groups in total. The molecule has 2 rings (SSSR count). The highest BCUT2D eigenvalue weighted by Gasteiger charge is 2.35. The second-order valence-electron chi connectivity index (χ2n) is 7.20. The molecular weight excluding hydrogens is 244 g/mol. The zero-order chi connectivity index (χ0) is 14.4. The van der Waals surface area contributed by atoms with Crippen LogP contribution in [-0.4, -0.2) is 37.1 Å². The molecule has 118 valence electrons. The van der Waals surface area contributed by atoms with Gasteiger partial charge in [0, 0.05) is 12.1 Å². The van der Waals surface area contributed by atoms with E-state index in [0.29, 0.717) is 5.41 Å². The third-order valence-corrected chi connectivity index (χ3v) is 6.43. The molecule has 2 unspecified atom stereocenters. The van der Waals surface area contributed by atoms with Crippen LogP contribution >= 0.6 is 0 Å². The molecule has 1 aliphatic carbocycles. The smallest absolute Gasteiger partial charge is 0.0249 e. The van der Waals surface area contributed by atoms with Gasteiger partial charge in [-0.1, -0.05) is 52.4 Å². The first-order valence-electron chi connectivity index (χ1n) is 9.16. The summed E-state index contributed by atoms with van der Waals surface area (Å²) in [5.74, 6) is 0. The Labute approximate surface area is 126 Å². The van der Waals surface area contributed by atoms with Gasteiger partial charge in [-0.25, -0.2) is 0 Å². The van der Waals surface area contributed by atoms with Gasteiger partial charge in [-0.15, -0.1) is 0 Å². The molecule has 2 atom stereocenters. The lowest BCUT2D eigenvalue weighted by Crippen LogP contribution is -2.53. The van der Waals surface area contributed by atoms with Gasteiger partial charge in [0.15, 0.2) is 0 Å². The fourth-order valence-corrected chi connectivity index (χ4v) is 4.53. The van der Waals surface area contributed by atoms with E-state index in [-0.39, 0.29) is 0 Å². The largest absolute Gasteiger partial charge is 0.315 e. The molecule has 0 bridgehead atoms. The van der Waals surface area contributed by atoms with Gasteiger partial charge >= 0.3 is 0 Å². The third kappa shape index (κ3) is 3.76. The van der Waals surface area contributed by atoms with Gasteiger partial charge in [0.25, 0.3) is 0 Å². The molecule has 2 fully saturated rings. The predicted molar refractivity (Wildman–Crippen MR) is 88.2 cm³/mol. The summed E-state index contributed by atoms with van der Waals surface area (Å²) in [5.41, 5.74) is 0.660. The van der Waals surface area contributed by atoms with Crippen molar-refractivity contribution in [2.24, 2.45) is 5.41 Å². The van der Waals surface area contributed by atoms with Crippen molar-refractivity contribution in [2.75, 3.05) is 20.1 Å². The van der Waals surface area contributed by atoms with Crippen LogP contribution in [0.25, 0.3) is 0 Å². The molecule has 2 aliphatic rings. The van der Waals surface area contributed by atoms with Crippen molar-refractivity contribution < 1.29 is 0 Å². The van der Waals surface area contributed by atoms with Crippen LogP contribution in [0.3, 0.4) is 0 Å². The first kappa shape index (κ1) is 16.3. The van der Waals surface area contributed by atoms with Gasteiger partial charge in [0.2, 0.25) is 0 Å². The summed E-state index contributed by atoms with van der Waals surface area (Å²) in [4.78, 5) is 2.83. The number of hydrogen-bond acceptors (Lipinski definition) is 2. The Bertz CT molecular complexity index is 263. The zero-order valence-electron chi connectivity index (χ0n) is 14.1. The minimum atomic E-state index is 0.660. The highest BCUT2D eigenvalue weighted by atomic mass is 15.2. The summed E-state index contributed by atoms with van der Waals surface area (Å²) in [6, 6.07) is 1.53. The van der Waals surface area contributed by atoms with E-state index in [4.69, 9.17) is 0 Å². The summed E-state index contributed by atoms with van der Waals surface area (Å²) < 4.78 is 0. The highest BCUT2D eigenvalue weighted by molar-refractivity contribution is 4.91. The summed E-state index contributed by atoms with van der Waals surface area (Å²) in [6.07, 6.45) is 14.1. The van der Waals surface area contributed by atoms with Gasteiger partial charge in [0.05, 0.1) is 0 Å². The Morgan fingerprint density at radius 3 is 2.10 bits per heavy atom. The molecule has 0 aromatic heterocycles. The van der Waals surface area contributed by atoms with Crippen LogP contribution < -0.4 is 5.32 Å². The maximum Gasteiger partial charge on any atom is 0.0249 e. The van der Waals surface area contributed by atoms with Gasteiger partial charge in [0.1, 0.15) is 0 Å².